The molecule has 0 saturated carbocycles. The minimum absolute atomic E-state index is 0.407. The second kappa shape index (κ2) is 5.94. The number of hydrogen-bond acceptors (Lipinski definition) is 4. The van der Waals surface area contributed by atoms with Crippen LogP contribution in [0, 0.1) is 0 Å². The fourth-order valence-corrected chi connectivity index (χ4v) is 2.75. The highest BCUT2D eigenvalue weighted by Gasteiger charge is 2.20. The van der Waals surface area contributed by atoms with Crippen molar-refractivity contribution in [3.8, 4) is 11.1 Å². The third-order valence-corrected chi connectivity index (χ3v) is 3.77. The van der Waals surface area contributed by atoms with Crippen LogP contribution in [0.4, 0.5) is 0 Å². The fraction of sp³-hybridized carbons (Fsp3) is 0. The molecule has 3 aromatic rings. The first-order valence-corrected chi connectivity index (χ1v) is 6.93. The topological polar surface area (TPSA) is 80.9 Å². The van der Waals surface area contributed by atoms with E-state index in [9.17, 15) is 20.1 Å². The van der Waals surface area contributed by atoms with Gasteiger partial charge in [-0.15, -0.1) is 0 Å². The number of benzene rings is 3. The highest BCUT2D eigenvalue weighted by Crippen LogP contribution is 2.26. The summed E-state index contributed by atoms with van der Waals surface area (Å²) in [6.07, 6.45) is 0. The van der Waals surface area contributed by atoms with Crippen molar-refractivity contribution in [1.29, 1.82) is 0 Å². The van der Waals surface area contributed by atoms with Crippen LogP contribution in [0.25, 0.3) is 21.9 Å². The average Bonchev–Trinajstić information content (AvgIpc) is 2.53. The first-order chi connectivity index (χ1) is 10.6. The summed E-state index contributed by atoms with van der Waals surface area (Å²) in [6, 6.07) is 17.8. The lowest BCUT2D eigenvalue weighted by Crippen LogP contribution is -2.32. The van der Waals surface area contributed by atoms with Gasteiger partial charge < -0.3 is 20.1 Å². The Balaban J connectivity index is 2.32. The first kappa shape index (κ1) is 14.8. The standard InChI is InChI=1S/C16H14B2O4/c19-17(20)15-8-4-3-7-14(15)12-9-10-16(18(21)22)13-6-2-1-5-11(12)13/h1-10,19-22H. The maximum atomic E-state index is 9.56. The Morgan fingerprint density at radius 1 is 0.500 bits per heavy atom. The van der Waals surface area contributed by atoms with Crippen molar-refractivity contribution < 1.29 is 20.1 Å². The third kappa shape index (κ3) is 2.53. The van der Waals surface area contributed by atoms with Gasteiger partial charge in [-0.25, -0.2) is 0 Å². The second-order valence-electron chi connectivity index (χ2n) is 5.08. The van der Waals surface area contributed by atoms with Crippen LogP contribution in [0.3, 0.4) is 0 Å². The van der Waals surface area contributed by atoms with Gasteiger partial charge >= 0.3 is 14.2 Å². The second-order valence-corrected chi connectivity index (χ2v) is 5.08. The van der Waals surface area contributed by atoms with Crippen molar-refractivity contribution >= 4 is 35.9 Å². The molecule has 0 heterocycles. The molecule has 3 rings (SSSR count). The van der Waals surface area contributed by atoms with E-state index in [0.29, 0.717) is 16.5 Å². The molecule has 0 fully saturated rings. The van der Waals surface area contributed by atoms with Crippen molar-refractivity contribution in [2.24, 2.45) is 0 Å². The molecule has 0 bridgehead atoms. The van der Waals surface area contributed by atoms with Crippen molar-refractivity contribution in [3.63, 3.8) is 0 Å². The van der Waals surface area contributed by atoms with E-state index in [-0.39, 0.29) is 0 Å². The van der Waals surface area contributed by atoms with Gasteiger partial charge in [-0.2, -0.15) is 0 Å². The molecule has 22 heavy (non-hydrogen) atoms. The lowest BCUT2D eigenvalue weighted by Gasteiger charge is -2.14. The minimum Gasteiger partial charge on any atom is -0.423 e. The van der Waals surface area contributed by atoms with Gasteiger partial charge in [-0.05, 0) is 32.8 Å². The molecule has 0 amide bonds. The number of rotatable bonds is 3. The molecule has 6 heteroatoms. The molecular formula is C16H14B2O4. The van der Waals surface area contributed by atoms with Gasteiger partial charge in [-0.1, -0.05) is 60.7 Å². The summed E-state index contributed by atoms with van der Waals surface area (Å²) in [6.45, 7) is 0. The Bertz CT molecular complexity index is 818. The summed E-state index contributed by atoms with van der Waals surface area (Å²) in [5.41, 5.74) is 2.34. The molecule has 0 aromatic heterocycles. The van der Waals surface area contributed by atoms with E-state index in [1.165, 1.54) is 0 Å². The molecule has 0 unspecified atom stereocenters. The van der Waals surface area contributed by atoms with Gasteiger partial charge in [0.1, 0.15) is 0 Å². The van der Waals surface area contributed by atoms with E-state index in [4.69, 9.17) is 0 Å². The molecule has 0 spiro atoms. The molecule has 0 radical (unpaired) electrons. The number of hydrogen-bond donors (Lipinski definition) is 4. The van der Waals surface area contributed by atoms with E-state index in [1.807, 2.05) is 36.4 Å². The van der Waals surface area contributed by atoms with E-state index in [1.54, 1.807) is 24.3 Å². The molecule has 4 N–H and O–H groups in total. The maximum absolute atomic E-state index is 9.56. The fourth-order valence-electron chi connectivity index (χ4n) is 2.75. The van der Waals surface area contributed by atoms with Gasteiger partial charge in [-0.3, -0.25) is 0 Å². The van der Waals surface area contributed by atoms with Crippen LogP contribution in [0.5, 0.6) is 0 Å². The van der Waals surface area contributed by atoms with Gasteiger partial charge in [0.2, 0.25) is 0 Å². The van der Waals surface area contributed by atoms with Crippen molar-refractivity contribution in [1.82, 2.24) is 0 Å². The Labute approximate surface area is 128 Å². The lowest BCUT2D eigenvalue weighted by molar-refractivity contribution is 0.424. The van der Waals surface area contributed by atoms with E-state index in [0.717, 1.165) is 16.3 Å². The average molecular weight is 292 g/mol. The summed E-state index contributed by atoms with van der Waals surface area (Å²) in [4.78, 5) is 0. The Morgan fingerprint density at radius 3 is 1.77 bits per heavy atom. The molecule has 3 aromatic carbocycles. The molecule has 0 aliphatic rings. The van der Waals surface area contributed by atoms with E-state index in [2.05, 4.69) is 0 Å². The Hall–Kier alpha value is -2.11. The van der Waals surface area contributed by atoms with Crippen molar-refractivity contribution in [3.05, 3.63) is 60.7 Å². The monoisotopic (exact) mass is 292 g/mol. The lowest BCUT2D eigenvalue weighted by atomic mass is 9.72. The van der Waals surface area contributed by atoms with E-state index < -0.39 is 14.2 Å². The van der Waals surface area contributed by atoms with Gasteiger partial charge in [0.05, 0.1) is 0 Å². The van der Waals surface area contributed by atoms with Crippen LogP contribution in [-0.4, -0.2) is 34.3 Å². The molecular weight excluding hydrogens is 278 g/mol. The van der Waals surface area contributed by atoms with Crippen LogP contribution in [-0.2, 0) is 0 Å². The normalized spacial score (nSPS) is 10.7. The van der Waals surface area contributed by atoms with Crippen molar-refractivity contribution in [2.45, 2.75) is 0 Å². The summed E-state index contributed by atoms with van der Waals surface area (Å²) in [5, 5.41) is 39.7. The molecule has 0 aliphatic carbocycles. The van der Waals surface area contributed by atoms with E-state index >= 15 is 0 Å². The zero-order chi connectivity index (χ0) is 15.7. The predicted octanol–water partition coefficient (Wildman–Crippen LogP) is -0.134. The molecule has 0 aliphatic heterocycles. The van der Waals surface area contributed by atoms with Crippen LogP contribution >= 0.6 is 0 Å². The Morgan fingerprint density at radius 2 is 1.09 bits per heavy atom. The Kier molecular flexibility index (Phi) is 4.00. The third-order valence-electron chi connectivity index (χ3n) is 3.77. The largest absolute Gasteiger partial charge is 0.489 e. The molecule has 4 nitrogen and oxygen atoms in total. The first-order valence-electron chi connectivity index (χ1n) is 6.93. The highest BCUT2D eigenvalue weighted by molar-refractivity contribution is 6.62. The quantitative estimate of drug-likeness (QED) is 0.507. The predicted molar refractivity (Wildman–Crippen MR) is 89.0 cm³/mol. The van der Waals surface area contributed by atoms with Gasteiger partial charge in [0, 0.05) is 0 Å². The van der Waals surface area contributed by atoms with Crippen LogP contribution in [0.2, 0.25) is 0 Å². The van der Waals surface area contributed by atoms with Crippen LogP contribution in [0.15, 0.2) is 60.7 Å². The van der Waals surface area contributed by atoms with Crippen LogP contribution < -0.4 is 10.9 Å². The SMILES string of the molecule is OB(O)c1ccccc1-c1ccc(B(O)O)c2ccccc12. The van der Waals surface area contributed by atoms with Crippen LogP contribution in [0.1, 0.15) is 0 Å². The summed E-state index contributed by atoms with van der Waals surface area (Å²) >= 11 is 0. The number of fused-ring (bicyclic) bond motifs is 1. The molecule has 0 saturated heterocycles. The highest BCUT2D eigenvalue weighted by atomic mass is 16.4. The summed E-state index contributed by atoms with van der Waals surface area (Å²) in [5.74, 6) is 0. The summed E-state index contributed by atoms with van der Waals surface area (Å²) < 4.78 is 0. The zero-order valence-corrected chi connectivity index (χ0v) is 11.7. The smallest absolute Gasteiger partial charge is 0.423 e. The maximum Gasteiger partial charge on any atom is 0.489 e. The summed E-state index contributed by atoms with van der Waals surface area (Å²) in [7, 11) is -3.13. The van der Waals surface area contributed by atoms with Crippen molar-refractivity contribution in [2.75, 3.05) is 0 Å². The van der Waals surface area contributed by atoms with Gasteiger partial charge in [0.25, 0.3) is 0 Å². The molecule has 108 valence electrons. The zero-order valence-electron chi connectivity index (χ0n) is 11.7. The minimum atomic E-state index is -1.57. The van der Waals surface area contributed by atoms with Gasteiger partial charge in [0.15, 0.2) is 0 Å². The molecule has 0 atom stereocenters.